The van der Waals surface area contributed by atoms with Crippen molar-refractivity contribution in [1.82, 2.24) is 15.1 Å². The van der Waals surface area contributed by atoms with Crippen LogP contribution in [0.3, 0.4) is 0 Å². The number of carbonyl (C=O) groups excluding carboxylic acids is 1. The maximum Gasteiger partial charge on any atom is 0.252 e. The fraction of sp³-hybridized carbons (Fsp3) is 0.125. The molecular formula is C16H14ClN3OS. The molecule has 1 aromatic carbocycles. The van der Waals surface area contributed by atoms with Gasteiger partial charge < -0.3 is 5.32 Å². The number of carbonyl (C=O) groups is 1. The van der Waals surface area contributed by atoms with Gasteiger partial charge in [-0.1, -0.05) is 23.7 Å². The molecule has 1 N–H and O–H groups in total. The van der Waals surface area contributed by atoms with Crippen LogP contribution in [0.15, 0.2) is 59.6 Å². The van der Waals surface area contributed by atoms with Crippen molar-refractivity contribution in [2.24, 2.45) is 0 Å². The topological polar surface area (TPSA) is 46.9 Å². The summed E-state index contributed by atoms with van der Waals surface area (Å²) in [5.74, 6) is -0.182. The highest BCUT2D eigenvalue weighted by Gasteiger charge is 2.17. The van der Waals surface area contributed by atoms with Gasteiger partial charge in [0.1, 0.15) is 0 Å². The van der Waals surface area contributed by atoms with Crippen molar-refractivity contribution >= 4 is 28.8 Å². The van der Waals surface area contributed by atoms with Crippen LogP contribution in [0.5, 0.6) is 0 Å². The van der Waals surface area contributed by atoms with Crippen molar-refractivity contribution in [3.05, 3.63) is 75.7 Å². The summed E-state index contributed by atoms with van der Waals surface area (Å²) in [6.45, 7) is 0.447. The van der Waals surface area contributed by atoms with Gasteiger partial charge in [0.05, 0.1) is 16.6 Å². The van der Waals surface area contributed by atoms with Gasteiger partial charge in [0.15, 0.2) is 0 Å². The Bertz CT molecular complexity index is 706. The highest BCUT2D eigenvalue weighted by atomic mass is 35.5. The lowest BCUT2D eigenvalue weighted by Gasteiger charge is -2.17. The molecule has 0 radical (unpaired) electrons. The molecular weight excluding hydrogens is 318 g/mol. The molecule has 112 valence electrons. The van der Waals surface area contributed by atoms with Crippen molar-refractivity contribution in [2.45, 2.75) is 6.04 Å². The Kier molecular flexibility index (Phi) is 4.56. The van der Waals surface area contributed by atoms with E-state index in [1.165, 1.54) is 0 Å². The minimum Gasteiger partial charge on any atom is -0.349 e. The predicted molar refractivity (Wildman–Crippen MR) is 88.5 cm³/mol. The maximum atomic E-state index is 12.3. The second-order valence-corrected chi connectivity index (χ2v) is 5.94. The lowest BCUT2D eigenvalue weighted by molar-refractivity contribution is 0.0949. The number of hydrogen-bond donors (Lipinski definition) is 1. The van der Waals surface area contributed by atoms with Crippen LogP contribution in [-0.4, -0.2) is 22.2 Å². The Balaban J connectivity index is 1.75. The molecule has 2 aromatic heterocycles. The predicted octanol–water partition coefficient (Wildman–Crippen LogP) is 3.62. The van der Waals surface area contributed by atoms with Crippen molar-refractivity contribution < 1.29 is 4.79 Å². The van der Waals surface area contributed by atoms with E-state index < -0.39 is 0 Å². The number of benzene rings is 1. The smallest absolute Gasteiger partial charge is 0.252 e. The van der Waals surface area contributed by atoms with E-state index in [4.69, 9.17) is 11.6 Å². The van der Waals surface area contributed by atoms with Crippen LogP contribution < -0.4 is 5.32 Å². The van der Waals surface area contributed by atoms with Crippen LogP contribution in [0.25, 0.3) is 0 Å². The Hall–Kier alpha value is -2.11. The summed E-state index contributed by atoms with van der Waals surface area (Å²) in [5, 5.41) is 11.8. The summed E-state index contributed by atoms with van der Waals surface area (Å²) in [6, 6.07) is 10.9. The molecule has 1 amide bonds. The molecule has 0 spiro atoms. The summed E-state index contributed by atoms with van der Waals surface area (Å²) in [5.41, 5.74) is 1.60. The molecule has 6 heteroatoms. The molecule has 0 saturated carbocycles. The van der Waals surface area contributed by atoms with Crippen LogP contribution in [-0.2, 0) is 0 Å². The lowest BCUT2D eigenvalue weighted by Crippen LogP contribution is -2.31. The van der Waals surface area contributed by atoms with Gasteiger partial charge in [0, 0.05) is 18.9 Å². The molecule has 0 fully saturated rings. The van der Waals surface area contributed by atoms with Gasteiger partial charge >= 0.3 is 0 Å². The van der Waals surface area contributed by atoms with Crippen LogP contribution in [0.4, 0.5) is 0 Å². The third-order valence-electron chi connectivity index (χ3n) is 3.35. The summed E-state index contributed by atoms with van der Waals surface area (Å²) in [7, 11) is 0. The molecule has 0 aliphatic heterocycles. The van der Waals surface area contributed by atoms with E-state index in [9.17, 15) is 4.79 Å². The van der Waals surface area contributed by atoms with Crippen molar-refractivity contribution in [3.63, 3.8) is 0 Å². The van der Waals surface area contributed by atoms with E-state index in [1.54, 1.807) is 41.8 Å². The first-order valence-corrected chi connectivity index (χ1v) is 8.12. The summed E-state index contributed by atoms with van der Waals surface area (Å²) in [4.78, 5) is 12.3. The van der Waals surface area contributed by atoms with Gasteiger partial charge in [0.25, 0.3) is 5.91 Å². The molecule has 0 aliphatic rings. The average Bonchev–Trinajstić information content (AvgIpc) is 3.21. The standard InChI is InChI=1S/C16H14ClN3OS/c17-14-5-2-1-4-13(14)16(21)18-10-15(12-6-9-22-11-12)20-8-3-7-19-20/h1-9,11,15H,10H2,(H,18,21)/t15-/m1/s1. The Morgan fingerprint density at radius 1 is 1.32 bits per heavy atom. The van der Waals surface area contributed by atoms with Gasteiger partial charge in [0.2, 0.25) is 0 Å². The number of amides is 1. The first kappa shape index (κ1) is 14.8. The Morgan fingerprint density at radius 2 is 2.18 bits per heavy atom. The number of nitrogens with one attached hydrogen (secondary N) is 1. The zero-order valence-corrected chi connectivity index (χ0v) is 13.2. The van der Waals surface area contributed by atoms with E-state index in [2.05, 4.69) is 15.8 Å². The molecule has 0 bridgehead atoms. The number of hydrogen-bond acceptors (Lipinski definition) is 3. The first-order valence-electron chi connectivity index (χ1n) is 6.79. The molecule has 1 atom stereocenters. The zero-order chi connectivity index (χ0) is 15.4. The third kappa shape index (κ3) is 3.21. The third-order valence-corrected chi connectivity index (χ3v) is 4.38. The van der Waals surface area contributed by atoms with Gasteiger partial charge in [-0.3, -0.25) is 9.48 Å². The van der Waals surface area contributed by atoms with Gasteiger partial charge in [-0.05, 0) is 40.6 Å². The fourth-order valence-corrected chi connectivity index (χ4v) is 3.15. The van der Waals surface area contributed by atoms with Crippen LogP contribution in [0.2, 0.25) is 5.02 Å². The Labute approximate surface area is 137 Å². The minimum absolute atomic E-state index is 0.0345. The van der Waals surface area contributed by atoms with Gasteiger partial charge in [-0.25, -0.2) is 0 Å². The second-order valence-electron chi connectivity index (χ2n) is 4.75. The molecule has 3 aromatic rings. The molecule has 2 heterocycles. The highest BCUT2D eigenvalue weighted by molar-refractivity contribution is 7.07. The SMILES string of the molecule is O=C(NC[C@H](c1ccsc1)n1cccn1)c1ccccc1Cl. The van der Waals surface area contributed by atoms with Gasteiger partial charge in [-0.15, -0.1) is 0 Å². The van der Waals surface area contributed by atoms with Crippen LogP contribution in [0, 0.1) is 0 Å². The van der Waals surface area contributed by atoms with E-state index >= 15 is 0 Å². The van der Waals surface area contributed by atoms with Crippen LogP contribution in [0.1, 0.15) is 22.0 Å². The molecule has 22 heavy (non-hydrogen) atoms. The molecule has 0 saturated heterocycles. The fourth-order valence-electron chi connectivity index (χ4n) is 2.22. The quantitative estimate of drug-likeness (QED) is 0.776. The largest absolute Gasteiger partial charge is 0.349 e. The summed E-state index contributed by atoms with van der Waals surface area (Å²) >= 11 is 7.68. The number of thiophene rings is 1. The average molecular weight is 332 g/mol. The van der Waals surface area contributed by atoms with E-state index in [-0.39, 0.29) is 11.9 Å². The maximum absolute atomic E-state index is 12.3. The molecule has 0 aliphatic carbocycles. The number of halogens is 1. The molecule has 4 nitrogen and oxygen atoms in total. The normalized spacial score (nSPS) is 12.0. The highest BCUT2D eigenvalue weighted by Crippen LogP contribution is 2.20. The van der Waals surface area contributed by atoms with Crippen LogP contribution >= 0.6 is 22.9 Å². The summed E-state index contributed by atoms with van der Waals surface area (Å²) in [6.07, 6.45) is 3.62. The monoisotopic (exact) mass is 331 g/mol. The van der Waals surface area contributed by atoms with Crippen molar-refractivity contribution in [1.29, 1.82) is 0 Å². The Morgan fingerprint density at radius 3 is 2.86 bits per heavy atom. The first-order chi connectivity index (χ1) is 10.8. The zero-order valence-electron chi connectivity index (χ0n) is 11.6. The molecule has 0 unspecified atom stereocenters. The molecule has 3 rings (SSSR count). The minimum atomic E-state index is -0.182. The van der Waals surface area contributed by atoms with Crippen molar-refractivity contribution in [3.8, 4) is 0 Å². The lowest BCUT2D eigenvalue weighted by atomic mass is 10.1. The van der Waals surface area contributed by atoms with E-state index in [0.717, 1.165) is 5.56 Å². The number of rotatable bonds is 5. The summed E-state index contributed by atoms with van der Waals surface area (Å²) < 4.78 is 1.84. The van der Waals surface area contributed by atoms with E-state index in [1.807, 2.05) is 28.4 Å². The second kappa shape index (κ2) is 6.77. The number of nitrogens with zero attached hydrogens (tertiary/aromatic N) is 2. The van der Waals surface area contributed by atoms with E-state index in [0.29, 0.717) is 17.1 Å². The van der Waals surface area contributed by atoms with Gasteiger partial charge in [-0.2, -0.15) is 16.4 Å². The number of aromatic nitrogens is 2. The van der Waals surface area contributed by atoms with Crippen molar-refractivity contribution in [2.75, 3.05) is 6.54 Å².